The average molecular weight is 240 g/mol. The second-order valence-electron chi connectivity index (χ2n) is 2.99. The Morgan fingerprint density at radius 3 is 2.85 bits per heavy atom. The van der Waals surface area contributed by atoms with Crippen LogP contribution in [-0.2, 0) is 6.54 Å². The number of nitrogens with zero attached hydrogens (tertiary/aromatic N) is 1. The van der Waals surface area contributed by atoms with Crippen molar-refractivity contribution in [2.24, 2.45) is 0 Å². The molecule has 0 spiro atoms. The molecule has 0 unspecified atom stereocenters. The molecular formula is C10H11NOSe. The summed E-state index contributed by atoms with van der Waals surface area (Å²) in [4.78, 5) is 11.7. The van der Waals surface area contributed by atoms with E-state index in [4.69, 9.17) is 0 Å². The number of hydrogen-bond donors (Lipinski definition) is 0. The molecule has 0 fully saturated rings. The minimum absolute atomic E-state index is 0.220. The average Bonchev–Trinajstić information content (AvgIpc) is 2.46. The molecule has 0 bridgehead atoms. The molecule has 0 radical (unpaired) electrons. The Balaban J connectivity index is 2.67. The number of rotatable bonds is 2. The first kappa shape index (κ1) is 8.79. The number of benzene rings is 1. The van der Waals surface area contributed by atoms with E-state index in [1.165, 1.54) is 4.26 Å². The van der Waals surface area contributed by atoms with Crippen LogP contribution in [0.3, 0.4) is 0 Å². The zero-order chi connectivity index (χ0) is 9.26. The zero-order valence-corrected chi connectivity index (χ0v) is 9.20. The van der Waals surface area contributed by atoms with E-state index >= 15 is 0 Å². The predicted octanol–water partition coefficient (Wildman–Crippen LogP) is 1.47. The van der Waals surface area contributed by atoms with E-state index in [2.05, 4.69) is 13.0 Å². The first-order chi connectivity index (χ1) is 6.33. The fraction of sp³-hybridized carbons (Fsp3) is 0.300. The number of aryl methyl sites for hydroxylation is 1. The third-order valence-corrected chi connectivity index (χ3v) is 4.33. The summed E-state index contributed by atoms with van der Waals surface area (Å²) in [5.74, 6) is 0. The zero-order valence-electron chi connectivity index (χ0n) is 7.49. The van der Waals surface area contributed by atoms with Crippen LogP contribution < -0.4 is 5.56 Å². The van der Waals surface area contributed by atoms with Crippen molar-refractivity contribution >= 4 is 24.4 Å². The molecule has 2 rings (SSSR count). The molecule has 2 aromatic rings. The van der Waals surface area contributed by atoms with Crippen molar-refractivity contribution in [1.29, 1.82) is 0 Å². The normalized spacial score (nSPS) is 10.8. The van der Waals surface area contributed by atoms with Crippen molar-refractivity contribution in [2.45, 2.75) is 19.9 Å². The van der Waals surface area contributed by atoms with Crippen LogP contribution in [0.5, 0.6) is 0 Å². The first-order valence-electron chi connectivity index (χ1n) is 4.42. The van der Waals surface area contributed by atoms with Crippen LogP contribution in [0.1, 0.15) is 13.3 Å². The fourth-order valence-electron chi connectivity index (χ4n) is 1.37. The maximum atomic E-state index is 11.7. The Labute approximate surface area is 82.8 Å². The van der Waals surface area contributed by atoms with Gasteiger partial charge in [-0.1, -0.05) is 0 Å². The van der Waals surface area contributed by atoms with Gasteiger partial charge in [0, 0.05) is 0 Å². The van der Waals surface area contributed by atoms with E-state index in [1.54, 1.807) is 0 Å². The Kier molecular flexibility index (Phi) is 2.38. The van der Waals surface area contributed by atoms with Gasteiger partial charge in [-0.25, -0.2) is 0 Å². The van der Waals surface area contributed by atoms with Crippen LogP contribution in [0, 0.1) is 0 Å². The molecule has 1 aromatic carbocycles. The molecule has 68 valence electrons. The van der Waals surface area contributed by atoms with E-state index in [-0.39, 0.29) is 20.3 Å². The molecule has 0 aliphatic carbocycles. The molecule has 13 heavy (non-hydrogen) atoms. The third kappa shape index (κ3) is 1.50. The molecular weight excluding hydrogens is 229 g/mol. The number of aromatic nitrogens is 1. The maximum absolute atomic E-state index is 11.7. The Bertz CT molecular complexity index is 469. The predicted molar refractivity (Wildman–Crippen MR) is 55.4 cm³/mol. The van der Waals surface area contributed by atoms with Gasteiger partial charge in [0.05, 0.1) is 0 Å². The van der Waals surface area contributed by atoms with Gasteiger partial charge in [-0.15, -0.1) is 0 Å². The molecule has 0 aliphatic rings. The van der Waals surface area contributed by atoms with Gasteiger partial charge in [0.15, 0.2) is 0 Å². The van der Waals surface area contributed by atoms with E-state index in [0.717, 1.165) is 18.4 Å². The molecule has 1 heterocycles. The van der Waals surface area contributed by atoms with Crippen molar-refractivity contribution in [3.05, 3.63) is 34.6 Å². The van der Waals surface area contributed by atoms with Gasteiger partial charge in [0.2, 0.25) is 0 Å². The summed E-state index contributed by atoms with van der Waals surface area (Å²) in [6, 6.07) is 7.92. The molecule has 2 nitrogen and oxygen atoms in total. The van der Waals surface area contributed by atoms with E-state index in [1.807, 2.05) is 21.8 Å². The molecule has 0 atom stereocenters. The summed E-state index contributed by atoms with van der Waals surface area (Å²) in [6.07, 6.45) is 1.04. The SMILES string of the molecule is CCCn1[se]c2ccccc2c1=O. The second kappa shape index (κ2) is 3.52. The fourth-order valence-corrected chi connectivity index (χ4v) is 3.65. The number of fused-ring (bicyclic) bond motifs is 1. The van der Waals surface area contributed by atoms with Crippen LogP contribution in [-0.4, -0.2) is 18.3 Å². The van der Waals surface area contributed by atoms with Gasteiger partial charge >= 0.3 is 82.5 Å². The van der Waals surface area contributed by atoms with Crippen LogP contribution in [0.4, 0.5) is 0 Å². The van der Waals surface area contributed by atoms with E-state index in [9.17, 15) is 4.79 Å². The molecule has 0 saturated carbocycles. The third-order valence-electron chi connectivity index (χ3n) is 1.98. The minimum atomic E-state index is 0.220. The van der Waals surface area contributed by atoms with Crippen LogP contribution in [0.25, 0.3) is 9.65 Å². The molecule has 0 aliphatic heterocycles. The first-order valence-corrected chi connectivity index (χ1v) is 6.04. The summed E-state index contributed by atoms with van der Waals surface area (Å²) >= 11 is 0.226. The summed E-state index contributed by atoms with van der Waals surface area (Å²) in [6.45, 7) is 3.00. The Morgan fingerprint density at radius 2 is 2.15 bits per heavy atom. The molecule has 0 amide bonds. The van der Waals surface area contributed by atoms with E-state index in [0.29, 0.717) is 0 Å². The number of hydrogen-bond acceptors (Lipinski definition) is 1. The molecule has 0 saturated heterocycles. The Morgan fingerprint density at radius 1 is 1.38 bits per heavy atom. The standard InChI is InChI=1S/C10H11NOSe/c1-2-7-11-10(12)8-5-3-4-6-9(8)13-11/h3-6H,2,7H2,1H3. The molecule has 0 N–H and O–H groups in total. The van der Waals surface area contributed by atoms with Crippen molar-refractivity contribution < 1.29 is 0 Å². The van der Waals surface area contributed by atoms with Crippen LogP contribution in [0.15, 0.2) is 29.1 Å². The van der Waals surface area contributed by atoms with Gasteiger partial charge in [0.25, 0.3) is 0 Å². The van der Waals surface area contributed by atoms with Gasteiger partial charge in [0.1, 0.15) is 0 Å². The quantitative estimate of drug-likeness (QED) is 0.728. The van der Waals surface area contributed by atoms with Gasteiger partial charge in [-0.3, -0.25) is 0 Å². The van der Waals surface area contributed by atoms with Gasteiger partial charge in [-0.05, 0) is 0 Å². The van der Waals surface area contributed by atoms with Crippen molar-refractivity contribution in [2.75, 3.05) is 0 Å². The summed E-state index contributed by atoms with van der Waals surface area (Å²) < 4.78 is 3.20. The van der Waals surface area contributed by atoms with Crippen LogP contribution in [0.2, 0.25) is 0 Å². The molecule has 3 heteroatoms. The van der Waals surface area contributed by atoms with Gasteiger partial charge < -0.3 is 0 Å². The monoisotopic (exact) mass is 241 g/mol. The molecule has 1 aromatic heterocycles. The summed E-state index contributed by atoms with van der Waals surface area (Å²) in [5.41, 5.74) is 0.220. The van der Waals surface area contributed by atoms with Crippen LogP contribution >= 0.6 is 0 Å². The van der Waals surface area contributed by atoms with Crippen molar-refractivity contribution in [3.8, 4) is 0 Å². The Hall–Kier alpha value is -0.791. The summed E-state index contributed by atoms with van der Waals surface area (Å²) in [5, 5.41) is 0.913. The van der Waals surface area contributed by atoms with Crippen molar-refractivity contribution in [1.82, 2.24) is 3.56 Å². The van der Waals surface area contributed by atoms with E-state index < -0.39 is 0 Å². The van der Waals surface area contributed by atoms with Gasteiger partial charge in [-0.2, -0.15) is 0 Å². The topological polar surface area (TPSA) is 22.0 Å². The van der Waals surface area contributed by atoms with Crippen molar-refractivity contribution in [3.63, 3.8) is 0 Å². The second-order valence-corrected chi connectivity index (χ2v) is 5.23. The summed E-state index contributed by atoms with van der Waals surface area (Å²) in [7, 11) is 0.